The molecule has 26 heavy (non-hydrogen) atoms. The van der Waals surface area contributed by atoms with Crippen LogP contribution in [0.25, 0.3) is 0 Å². The van der Waals surface area contributed by atoms with Crippen LogP contribution in [0.3, 0.4) is 0 Å². The summed E-state index contributed by atoms with van der Waals surface area (Å²) in [6.45, 7) is 4.36. The number of piperazine rings is 1. The largest absolute Gasteiger partial charge is 0.496 e. The van der Waals surface area contributed by atoms with Crippen molar-refractivity contribution in [2.75, 3.05) is 26.7 Å². The Morgan fingerprint density at radius 1 is 1.19 bits per heavy atom. The number of benzene rings is 2. The normalized spacial score (nSPS) is 17.9. The summed E-state index contributed by atoms with van der Waals surface area (Å²) in [6, 6.07) is 18.1. The summed E-state index contributed by atoms with van der Waals surface area (Å²) >= 11 is 0. The number of hydrogen-bond acceptors (Lipinski definition) is 3. The number of amides is 1. The fourth-order valence-corrected chi connectivity index (χ4v) is 3.63. The summed E-state index contributed by atoms with van der Waals surface area (Å²) in [4.78, 5) is 15.4. The molecule has 1 saturated heterocycles. The van der Waals surface area contributed by atoms with E-state index in [1.165, 1.54) is 0 Å². The van der Waals surface area contributed by atoms with Crippen LogP contribution in [0, 0.1) is 0 Å². The van der Waals surface area contributed by atoms with E-state index in [0.717, 1.165) is 36.4 Å². The molecule has 4 nitrogen and oxygen atoms in total. The van der Waals surface area contributed by atoms with Gasteiger partial charge in [0.05, 0.1) is 19.1 Å². The van der Waals surface area contributed by atoms with Crippen LogP contribution in [-0.2, 0) is 4.79 Å². The van der Waals surface area contributed by atoms with Gasteiger partial charge in [0.15, 0.2) is 0 Å². The van der Waals surface area contributed by atoms with Crippen LogP contribution in [0.5, 0.6) is 5.75 Å². The maximum Gasteiger partial charge on any atom is 0.230 e. The number of carbonyl (C=O) groups is 1. The van der Waals surface area contributed by atoms with Crippen LogP contribution in [0.1, 0.15) is 36.4 Å². The van der Waals surface area contributed by atoms with Crippen molar-refractivity contribution < 1.29 is 9.53 Å². The predicted octanol–water partition coefficient (Wildman–Crippen LogP) is 3.78. The third-order valence-corrected chi connectivity index (χ3v) is 4.93. The van der Waals surface area contributed by atoms with Gasteiger partial charge in [0.25, 0.3) is 0 Å². The highest BCUT2D eigenvalue weighted by Crippen LogP contribution is 2.33. The first-order valence-electron chi connectivity index (χ1n) is 8.95. The van der Waals surface area contributed by atoms with Crippen LogP contribution >= 0.6 is 12.4 Å². The zero-order valence-corrected chi connectivity index (χ0v) is 16.2. The number of nitrogens with one attached hydrogen (secondary N) is 1. The average molecular weight is 375 g/mol. The summed E-state index contributed by atoms with van der Waals surface area (Å²) in [5.41, 5.74) is 2.15. The Kier molecular flexibility index (Phi) is 7.49. The fraction of sp³-hybridized carbons (Fsp3) is 0.381. The molecule has 1 amide bonds. The second kappa shape index (κ2) is 9.60. The Morgan fingerprint density at radius 3 is 2.58 bits per heavy atom. The van der Waals surface area contributed by atoms with Gasteiger partial charge in [0.1, 0.15) is 5.75 Å². The zero-order chi connectivity index (χ0) is 17.6. The molecule has 2 aromatic carbocycles. The summed E-state index contributed by atoms with van der Waals surface area (Å²) in [5.74, 6) is 0.935. The monoisotopic (exact) mass is 374 g/mol. The summed E-state index contributed by atoms with van der Waals surface area (Å²) in [6.07, 6.45) is 0.797. The van der Waals surface area contributed by atoms with E-state index in [1.54, 1.807) is 7.11 Å². The molecule has 0 radical (unpaired) electrons. The number of nitrogens with zero attached hydrogens (tertiary/aromatic N) is 1. The number of rotatable bonds is 5. The first-order valence-corrected chi connectivity index (χ1v) is 8.95. The van der Waals surface area contributed by atoms with Crippen molar-refractivity contribution in [1.82, 2.24) is 10.2 Å². The van der Waals surface area contributed by atoms with Crippen LogP contribution < -0.4 is 10.1 Å². The molecular weight excluding hydrogens is 348 g/mol. The smallest absolute Gasteiger partial charge is 0.230 e. The van der Waals surface area contributed by atoms with Crippen molar-refractivity contribution in [2.24, 2.45) is 0 Å². The van der Waals surface area contributed by atoms with E-state index < -0.39 is 0 Å². The standard InChI is InChI=1S/C21H26N2O2.ClH/c1-3-17(16-9-5-4-6-10-16)21(24)23-14-13-22-15-19(23)18-11-7-8-12-20(18)25-2;/h4-12,17,19,22H,3,13-15H2,1-2H3;1H. The Morgan fingerprint density at radius 2 is 1.88 bits per heavy atom. The van der Waals surface area contributed by atoms with Gasteiger partial charge in [0.2, 0.25) is 5.91 Å². The van der Waals surface area contributed by atoms with E-state index in [1.807, 2.05) is 53.4 Å². The zero-order valence-electron chi connectivity index (χ0n) is 15.4. The second-order valence-corrected chi connectivity index (χ2v) is 6.37. The molecule has 0 saturated carbocycles. The summed E-state index contributed by atoms with van der Waals surface area (Å²) in [7, 11) is 1.68. The lowest BCUT2D eigenvalue weighted by Crippen LogP contribution is -2.50. The minimum Gasteiger partial charge on any atom is -0.496 e. The molecule has 3 rings (SSSR count). The van der Waals surface area contributed by atoms with Crippen molar-refractivity contribution in [3.63, 3.8) is 0 Å². The number of para-hydroxylation sites is 1. The van der Waals surface area contributed by atoms with Crippen molar-refractivity contribution >= 4 is 18.3 Å². The van der Waals surface area contributed by atoms with Gasteiger partial charge in [-0.25, -0.2) is 0 Å². The molecular formula is C21H27ClN2O2. The van der Waals surface area contributed by atoms with Gasteiger partial charge in [-0.05, 0) is 18.1 Å². The van der Waals surface area contributed by atoms with Crippen molar-refractivity contribution in [3.05, 3.63) is 65.7 Å². The maximum atomic E-state index is 13.4. The lowest BCUT2D eigenvalue weighted by atomic mass is 9.92. The Bertz CT molecular complexity index is 708. The van der Waals surface area contributed by atoms with Gasteiger partial charge >= 0.3 is 0 Å². The van der Waals surface area contributed by atoms with Crippen LogP contribution in [0.15, 0.2) is 54.6 Å². The topological polar surface area (TPSA) is 41.6 Å². The Balaban J connectivity index is 0.00000243. The van der Waals surface area contributed by atoms with E-state index in [-0.39, 0.29) is 30.3 Å². The first-order chi connectivity index (χ1) is 12.3. The molecule has 2 aromatic rings. The average Bonchev–Trinajstić information content (AvgIpc) is 2.69. The van der Waals surface area contributed by atoms with E-state index >= 15 is 0 Å². The molecule has 1 heterocycles. The van der Waals surface area contributed by atoms with Gasteiger partial charge in [-0.2, -0.15) is 0 Å². The van der Waals surface area contributed by atoms with Crippen LogP contribution in [0.2, 0.25) is 0 Å². The third-order valence-electron chi connectivity index (χ3n) is 4.93. The van der Waals surface area contributed by atoms with Crippen molar-refractivity contribution in [3.8, 4) is 5.75 Å². The Hall–Kier alpha value is -2.04. The van der Waals surface area contributed by atoms with Gasteiger partial charge in [-0.15, -0.1) is 12.4 Å². The second-order valence-electron chi connectivity index (χ2n) is 6.37. The molecule has 1 N–H and O–H groups in total. The molecule has 2 atom stereocenters. The highest BCUT2D eigenvalue weighted by Gasteiger charge is 2.33. The number of hydrogen-bond donors (Lipinski definition) is 1. The number of carbonyl (C=O) groups excluding carboxylic acids is 1. The molecule has 0 bridgehead atoms. The molecule has 0 aliphatic carbocycles. The molecule has 5 heteroatoms. The summed E-state index contributed by atoms with van der Waals surface area (Å²) in [5, 5.41) is 3.42. The minimum absolute atomic E-state index is 0. The molecule has 1 aliphatic rings. The number of ether oxygens (including phenoxy) is 1. The highest BCUT2D eigenvalue weighted by atomic mass is 35.5. The molecule has 0 spiro atoms. The van der Waals surface area contributed by atoms with Gasteiger partial charge < -0.3 is 15.0 Å². The van der Waals surface area contributed by atoms with E-state index in [4.69, 9.17) is 4.74 Å². The van der Waals surface area contributed by atoms with Gasteiger partial charge in [0, 0.05) is 25.2 Å². The molecule has 0 aromatic heterocycles. The quantitative estimate of drug-likeness (QED) is 0.865. The van der Waals surface area contributed by atoms with Crippen molar-refractivity contribution in [2.45, 2.75) is 25.3 Å². The predicted molar refractivity (Wildman–Crippen MR) is 107 cm³/mol. The van der Waals surface area contributed by atoms with E-state index in [9.17, 15) is 4.79 Å². The summed E-state index contributed by atoms with van der Waals surface area (Å²) < 4.78 is 5.53. The third kappa shape index (κ3) is 4.19. The van der Waals surface area contributed by atoms with E-state index in [0.29, 0.717) is 6.54 Å². The SMILES string of the molecule is CCC(C(=O)N1CCNCC1c1ccccc1OC)c1ccccc1.Cl. The van der Waals surface area contributed by atoms with E-state index in [2.05, 4.69) is 18.3 Å². The van der Waals surface area contributed by atoms with Crippen molar-refractivity contribution in [1.29, 1.82) is 0 Å². The lowest BCUT2D eigenvalue weighted by molar-refractivity contribution is -0.136. The Labute approximate surface area is 162 Å². The lowest BCUT2D eigenvalue weighted by Gasteiger charge is -2.39. The first kappa shape index (κ1) is 20.3. The number of halogens is 1. The van der Waals surface area contributed by atoms with Crippen LogP contribution in [0.4, 0.5) is 0 Å². The molecule has 2 unspecified atom stereocenters. The fourth-order valence-electron chi connectivity index (χ4n) is 3.63. The highest BCUT2D eigenvalue weighted by molar-refractivity contribution is 5.85. The van der Waals surface area contributed by atoms with Gasteiger partial charge in [-0.3, -0.25) is 4.79 Å². The maximum absolute atomic E-state index is 13.4. The van der Waals surface area contributed by atoms with Gasteiger partial charge in [-0.1, -0.05) is 55.5 Å². The molecule has 140 valence electrons. The van der Waals surface area contributed by atoms with Crippen LogP contribution in [-0.4, -0.2) is 37.6 Å². The number of methoxy groups -OCH3 is 1. The molecule has 1 aliphatic heterocycles. The minimum atomic E-state index is -0.100. The molecule has 1 fully saturated rings.